The Labute approximate surface area is 147 Å². The normalized spacial score (nSPS) is 23.6. The van der Waals surface area contributed by atoms with Crippen LogP contribution >= 0.6 is 0 Å². The second-order valence-corrected chi connectivity index (χ2v) is 7.01. The Balaban J connectivity index is 1.43. The molecule has 24 heavy (non-hydrogen) atoms. The average Bonchev–Trinajstić information content (AvgIpc) is 3.11. The number of ether oxygens (including phenoxy) is 2. The first-order chi connectivity index (χ1) is 11.8. The highest BCUT2D eigenvalue weighted by atomic mass is 16.5. The predicted octanol–water partition coefficient (Wildman–Crippen LogP) is 1.47. The van der Waals surface area contributed by atoms with Crippen LogP contribution in [0.3, 0.4) is 0 Å². The fourth-order valence-electron chi connectivity index (χ4n) is 3.25. The molecule has 6 heteroatoms. The molecule has 2 fully saturated rings. The van der Waals surface area contributed by atoms with Gasteiger partial charge in [0.1, 0.15) is 0 Å². The van der Waals surface area contributed by atoms with Crippen molar-refractivity contribution in [2.75, 3.05) is 59.6 Å². The highest BCUT2D eigenvalue weighted by molar-refractivity contribution is 5.79. The lowest BCUT2D eigenvalue weighted by Crippen LogP contribution is -2.41. The molecule has 1 atom stereocenters. The van der Waals surface area contributed by atoms with Gasteiger partial charge in [0.25, 0.3) is 0 Å². The van der Waals surface area contributed by atoms with Gasteiger partial charge in [0.2, 0.25) is 0 Å². The minimum Gasteiger partial charge on any atom is -0.377 e. The van der Waals surface area contributed by atoms with Gasteiger partial charge in [-0.25, -0.2) is 0 Å². The van der Waals surface area contributed by atoms with E-state index >= 15 is 0 Å². The molecule has 0 amide bonds. The van der Waals surface area contributed by atoms with Gasteiger partial charge < -0.3 is 25.0 Å². The van der Waals surface area contributed by atoms with Crippen molar-refractivity contribution in [3.8, 4) is 0 Å². The molecule has 2 saturated heterocycles. The van der Waals surface area contributed by atoms with Gasteiger partial charge in [0.05, 0.1) is 19.3 Å². The Morgan fingerprint density at radius 2 is 2.00 bits per heavy atom. The number of nitrogens with zero attached hydrogens (tertiary/aromatic N) is 2. The molecule has 2 aliphatic heterocycles. The lowest BCUT2D eigenvalue weighted by Gasteiger charge is -2.30. The molecule has 0 aromatic rings. The van der Waals surface area contributed by atoms with Crippen molar-refractivity contribution in [1.29, 1.82) is 0 Å². The number of rotatable bonds is 9. The molecular formula is C18H36N4O2. The molecular weight excluding hydrogens is 304 g/mol. The predicted molar refractivity (Wildman–Crippen MR) is 98.6 cm³/mol. The molecule has 140 valence electrons. The van der Waals surface area contributed by atoms with Gasteiger partial charge in [-0.3, -0.25) is 4.99 Å². The SMILES string of the molecule is CN=C(NCCCN1CCC(C)CC1)NCCOCC1CCCO1. The number of piperidine rings is 1. The van der Waals surface area contributed by atoms with E-state index in [-0.39, 0.29) is 0 Å². The highest BCUT2D eigenvalue weighted by Crippen LogP contribution is 2.15. The van der Waals surface area contributed by atoms with Crippen LogP contribution < -0.4 is 10.6 Å². The zero-order valence-electron chi connectivity index (χ0n) is 15.6. The lowest BCUT2D eigenvalue weighted by atomic mass is 9.99. The van der Waals surface area contributed by atoms with Crippen LogP contribution in [0.25, 0.3) is 0 Å². The smallest absolute Gasteiger partial charge is 0.191 e. The number of nitrogens with one attached hydrogen (secondary N) is 2. The Bertz CT molecular complexity index is 351. The molecule has 0 aromatic carbocycles. The van der Waals surface area contributed by atoms with Gasteiger partial charge in [-0.2, -0.15) is 0 Å². The van der Waals surface area contributed by atoms with E-state index in [0.717, 1.165) is 44.4 Å². The van der Waals surface area contributed by atoms with E-state index < -0.39 is 0 Å². The molecule has 1 unspecified atom stereocenters. The second kappa shape index (κ2) is 11.7. The summed E-state index contributed by atoms with van der Waals surface area (Å²) in [5, 5.41) is 6.68. The topological polar surface area (TPSA) is 58.1 Å². The fraction of sp³-hybridized carbons (Fsp3) is 0.944. The van der Waals surface area contributed by atoms with Crippen LogP contribution in [-0.2, 0) is 9.47 Å². The van der Waals surface area contributed by atoms with Crippen LogP contribution in [0, 0.1) is 5.92 Å². The minimum absolute atomic E-state index is 0.306. The molecule has 0 radical (unpaired) electrons. The van der Waals surface area contributed by atoms with Gasteiger partial charge in [0.15, 0.2) is 5.96 Å². The first kappa shape index (κ1) is 19.5. The monoisotopic (exact) mass is 340 g/mol. The number of hydrogen-bond donors (Lipinski definition) is 2. The number of guanidine groups is 1. The number of aliphatic imine (C=N–C) groups is 1. The summed E-state index contributed by atoms with van der Waals surface area (Å²) in [6, 6.07) is 0. The summed E-state index contributed by atoms with van der Waals surface area (Å²) in [5.41, 5.74) is 0. The van der Waals surface area contributed by atoms with Gasteiger partial charge in [0, 0.05) is 26.7 Å². The van der Waals surface area contributed by atoms with E-state index in [0.29, 0.717) is 19.3 Å². The van der Waals surface area contributed by atoms with Gasteiger partial charge in [-0.05, 0) is 57.7 Å². The van der Waals surface area contributed by atoms with Gasteiger partial charge >= 0.3 is 0 Å². The third-order valence-corrected chi connectivity index (χ3v) is 4.91. The summed E-state index contributed by atoms with van der Waals surface area (Å²) in [4.78, 5) is 6.84. The van der Waals surface area contributed by atoms with Crippen LogP contribution in [0.2, 0.25) is 0 Å². The van der Waals surface area contributed by atoms with E-state index in [1.165, 1.54) is 38.9 Å². The summed E-state index contributed by atoms with van der Waals surface area (Å²) < 4.78 is 11.2. The molecule has 0 saturated carbocycles. The third-order valence-electron chi connectivity index (χ3n) is 4.91. The van der Waals surface area contributed by atoms with Crippen LogP contribution in [0.4, 0.5) is 0 Å². The third kappa shape index (κ3) is 7.81. The van der Waals surface area contributed by atoms with Crippen molar-refractivity contribution in [2.24, 2.45) is 10.9 Å². The van der Waals surface area contributed by atoms with Crippen LogP contribution in [0.15, 0.2) is 4.99 Å². The van der Waals surface area contributed by atoms with E-state index in [1.54, 1.807) is 0 Å². The second-order valence-electron chi connectivity index (χ2n) is 7.01. The Morgan fingerprint density at radius 3 is 2.71 bits per heavy atom. The van der Waals surface area contributed by atoms with Crippen molar-refractivity contribution >= 4 is 5.96 Å². The van der Waals surface area contributed by atoms with Crippen LogP contribution in [0.1, 0.15) is 39.0 Å². The Hall–Kier alpha value is -0.850. The summed E-state index contributed by atoms with van der Waals surface area (Å²) in [6.07, 6.45) is 6.46. The maximum atomic E-state index is 5.65. The molecule has 2 rings (SSSR count). The van der Waals surface area contributed by atoms with Crippen LogP contribution in [0.5, 0.6) is 0 Å². The first-order valence-electron chi connectivity index (χ1n) is 9.64. The molecule has 2 heterocycles. The standard InChI is InChI=1S/C18H36N4O2/c1-16-6-11-22(12-7-16)10-4-8-20-18(19-2)21-9-14-23-15-17-5-3-13-24-17/h16-17H,3-15H2,1-2H3,(H2,19,20,21). The van der Waals surface area contributed by atoms with Crippen molar-refractivity contribution in [1.82, 2.24) is 15.5 Å². The van der Waals surface area contributed by atoms with Crippen molar-refractivity contribution in [2.45, 2.75) is 45.1 Å². The Kier molecular flexibility index (Phi) is 9.46. The molecule has 6 nitrogen and oxygen atoms in total. The lowest BCUT2D eigenvalue weighted by molar-refractivity contribution is 0.0191. The van der Waals surface area contributed by atoms with Crippen molar-refractivity contribution in [3.63, 3.8) is 0 Å². The Morgan fingerprint density at radius 1 is 1.21 bits per heavy atom. The first-order valence-corrected chi connectivity index (χ1v) is 9.64. The quantitative estimate of drug-likeness (QED) is 0.378. The summed E-state index contributed by atoms with van der Waals surface area (Å²) in [7, 11) is 1.81. The van der Waals surface area contributed by atoms with Gasteiger partial charge in [-0.1, -0.05) is 6.92 Å². The van der Waals surface area contributed by atoms with Crippen molar-refractivity contribution in [3.05, 3.63) is 0 Å². The summed E-state index contributed by atoms with van der Waals surface area (Å²) >= 11 is 0. The average molecular weight is 341 g/mol. The van der Waals surface area contributed by atoms with Crippen LogP contribution in [-0.4, -0.2) is 76.6 Å². The summed E-state index contributed by atoms with van der Waals surface area (Å²) in [6.45, 7) is 10.1. The maximum Gasteiger partial charge on any atom is 0.191 e. The highest BCUT2D eigenvalue weighted by Gasteiger charge is 2.15. The van der Waals surface area contributed by atoms with Gasteiger partial charge in [-0.15, -0.1) is 0 Å². The zero-order valence-corrected chi connectivity index (χ0v) is 15.6. The molecule has 2 aliphatic rings. The minimum atomic E-state index is 0.306. The number of likely N-dealkylation sites (tertiary alicyclic amines) is 1. The molecule has 0 spiro atoms. The molecule has 2 N–H and O–H groups in total. The zero-order chi connectivity index (χ0) is 17.0. The number of hydrogen-bond acceptors (Lipinski definition) is 4. The molecule has 0 aliphatic carbocycles. The molecule has 0 aromatic heterocycles. The molecule has 0 bridgehead atoms. The van der Waals surface area contributed by atoms with Crippen molar-refractivity contribution < 1.29 is 9.47 Å². The fourth-order valence-corrected chi connectivity index (χ4v) is 3.25. The van der Waals surface area contributed by atoms with E-state index in [9.17, 15) is 0 Å². The van der Waals surface area contributed by atoms with E-state index in [2.05, 4.69) is 27.4 Å². The van der Waals surface area contributed by atoms with E-state index in [1.807, 2.05) is 7.05 Å². The van der Waals surface area contributed by atoms with E-state index in [4.69, 9.17) is 9.47 Å². The largest absolute Gasteiger partial charge is 0.377 e. The summed E-state index contributed by atoms with van der Waals surface area (Å²) in [5.74, 6) is 1.77. The maximum absolute atomic E-state index is 5.65.